The number of fused-ring (bicyclic) bond motifs is 1. The molecule has 0 aliphatic carbocycles. The van der Waals surface area contributed by atoms with E-state index in [9.17, 15) is 0 Å². The Bertz CT molecular complexity index is 874. The molecule has 0 amide bonds. The molecule has 0 saturated carbocycles. The lowest BCUT2D eigenvalue weighted by Gasteiger charge is -2.17. The maximum Gasteiger partial charge on any atom is 0.161 e. The molecule has 8 nitrogen and oxygen atoms in total. The predicted molar refractivity (Wildman–Crippen MR) is 93.5 cm³/mol. The molecule has 0 saturated heterocycles. The molecule has 25 heavy (non-hydrogen) atoms. The van der Waals surface area contributed by atoms with Crippen LogP contribution in [0.15, 0.2) is 30.9 Å². The Morgan fingerprint density at radius 2 is 2.08 bits per heavy atom. The number of anilines is 1. The Morgan fingerprint density at radius 3 is 2.88 bits per heavy atom. The minimum Gasteiger partial charge on any atom is -0.360 e. The fourth-order valence-corrected chi connectivity index (χ4v) is 3.04. The molecule has 0 spiro atoms. The van der Waals surface area contributed by atoms with Crippen molar-refractivity contribution < 1.29 is 0 Å². The summed E-state index contributed by atoms with van der Waals surface area (Å²) in [6.45, 7) is 6.43. The maximum atomic E-state index is 4.77. The summed E-state index contributed by atoms with van der Waals surface area (Å²) < 4.78 is 1.89. The van der Waals surface area contributed by atoms with Gasteiger partial charge in [0.1, 0.15) is 18.0 Å². The first-order valence-corrected chi connectivity index (χ1v) is 8.41. The summed E-state index contributed by atoms with van der Waals surface area (Å²) in [6.07, 6.45) is 5.10. The highest BCUT2D eigenvalue weighted by Crippen LogP contribution is 2.27. The number of hydrogen-bond acceptors (Lipinski definition) is 7. The van der Waals surface area contributed by atoms with Crippen molar-refractivity contribution in [3.05, 3.63) is 47.9 Å². The van der Waals surface area contributed by atoms with Gasteiger partial charge in [-0.1, -0.05) is 0 Å². The van der Waals surface area contributed by atoms with Crippen LogP contribution in [0.2, 0.25) is 0 Å². The number of pyridine rings is 1. The molecule has 1 unspecified atom stereocenters. The first-order chi connectivity index (χ1) is 12.3. The third-order valence-corrected chi connectivity index (χ3v) is 4.31. The average molecular weight is 336 g/mol. The first-order valence-electron chi connectivity index (χ1n) is 8.41. The molecule has 0 radical (unpaired) electrons. The van der Waals surface area contributed by atoms with Gasteiger partial charge in [0, 0.05) is 43.2 Å². The van der Waals surface area contributed by atoms with E-state index in [1.54, 1.807) is 18.7 Å². The van der Waals surface area contributed by atoms with Crippen LogP contribution in [0.25, 0.3) is 11.4 Å². The van der Waals surface area contributed by atoms with E-state index in [4.69, 9.17) is 9.97 Å². The summed E-state index contributed by atoms with van der Waals surface area (Å²) in [5, 5.41) is 11.1. The van der Waals surface area contributed by atoms with Gasteiger partial charge in [0.25, 0.3) is 0 Å². The van der Waals surface area contributed by atoms with Crippen LogP contribution in [-0.4, -0.2) is 29.7 Å². The van der Waals surface area contributed by atoms with Crippen LogP contribution >= 0.6 is 0 Å². The van der Waals surface area contributed by atoms with E-state index in [1.807, 2.05) is 16.8 Å². The third kappa shape index (κ3) is 2.96. The van der Waals surface area contributed by atoms with Crippen molar-refractivity contribution in [2.24, 2.45) is 0 Å². The minimum absolute atomic E-state index is 0.00709. The van der Waals surface area contributed by atoms with Gasteiger partial charge in [-0.15, -0.1) is 0 Å². The van der Waals surface area contributed by atoms with E-state index in [-0.39, 0.29) is 6.04 Å². The largest absolute Gasteiger partial charge is 0.360 e. The van der Waals surface area contributed by atoms with Crippen LogP contribution in [0.5, 0.6) is 0 Å². The second-order valence-electron chi connectivity index (χ2n) is 5.96. The number of rotatable bonds is 5. The SMILES string of the molecule is CCn1ncnc1C(C)Nc1nc(-c2ccncc2)nc2c1CNC2. The van der Waals surface area contributed by atoms with Gasteiger partial charge in [-0.25, -0.2) is 19.6 Å². The lowest BCUT2D eigenvalue weighted by atomic mass is 10.2. The number of aromatic nitrogens is 6. The van der Waals surface area contributed by atoms with Crippen molar-refractivity contribution in [2.45, 2.75) is 39.5 Å². The minimum atomic E-state index is -0.00709. The Kier molecular flexibility index (Phi) is 4.10. The molecule has 1 aliphatic rings. The van der Waals surface area contributed by atoms with E-state index < -0.39 is 0 Å². The third-order valence-electron chi connectivity index (χ3n) is 4.31. The van der Waals surface area contributed by atoms with E-state index in [2.05, 4.69) is 39.5 Å². The highest BCUT2D eigenvalue weighted by Gasteiger charge is 2.22. The molecule has 1 atom stereocenters. The van der Waals surface area contributed by atoms with Crippen molar-refractivity contribution in [1.82, 2.24) is 35.0 Å². The predicted octanol–water partition coefficient (Wildman–Crippen LogP) is 1.93. The van der Waals surface area contributed by atoms with Crippen molar-refractivity contribution in [1.29, 1.82) is 0 Å². The molecule has 0 fully saturated rings. The fraction of sp³-hybridized carbons (Fsp3) is 0.353. The Hall–Kier alpha value is -2.87. The van der Waals surface area contributed by atoms with E-state index >= 15 is 0 Å². The lowest BCUT2D eigenvalue weighted by molar-refractivity contribution is 0.592. The molecule has 4 rings (SSSR count). The van der Waals surface area contributed by atoms with Crippen molar-refractivity contribution in [2.75, 3.05) is 5.32 Å². The smallest absolute Gasteiger partial charge is 0.161 e. The number of hydrogen-bond donors (Lipinski definition) is 2. The molecular formula is C17H20N8. The summed E-state index contributed by atoms with van der Waals surface area (Å²) in [4.78, 5) is 17.9. The van der Waals surface area contributed by atoms with Crippen molar-refractivity contribution in [3.63, 3.8) is 0 Å². The van der Waals surface area contributed by atoms with Gasteiger partial charge in [0.15, 0.2) is 5.82 Å². The van der Waals surface area contributed by atoms with Gasteiger partial charge in [-0.3, -0.25) is 4.98 Å². The maximum absolute atomic E-state index is 4.77. The quantitative estimate of drug-likeness (QED) is 0.735. The first kappa shape index (κ1) is 15.6. The van der Waals surface area contributed by atoms with Gasteiger partial charge >= 0.3 is 0 Å². The van der Waals surface area contributed by atoms with Gasteiger partial charge in [0.05, 0.1) is 11.7 Å². The van der Waals surface area contributed by atoms with Crippen molar-refractivity contribution >= 4 is 5.82 Å². The van der Waals surface area contributed by atoms with Crippen LogP contribution < -0.4 is 10.6 Å². The van der Waals surface area contributed by atoms with Crippen LogP contribution in [0.3, 0.4) is 0 Å². The van der Waals surface area contributed by atoms with E-state index in [0.717, 1.165) is 48.1 Å². The summed E-state index contributed by atoms with van der Waals surface area (Å²) in [7, 11) is 0. The molecule has 3 aromatic heterocycles. The molecule has 0 bridgehead atoms. The zero-order valence-corrected chi connectivity index (χ0v) is 14.3. The molecule has 3 aromatic rings. The molecule has 4 heterocycles. The second kappa shape index (κ2) is 6.56. The topological polar surface area (TPSA) is 93.4 Å². The van der Waals surface area contributed by atoms with Crippen LogP contribution in [0.1, 0.15) is 37.0 Å². The molecule has 1 aliphatic heterocycles. The summed E-state index contributed by atoms with van der Waals surface area (Å²) in [6, 6.07) is 3.84. The molecule has 8 heteroatoms. The van der Waals surface area contributed by atoms with Crippen LogP contribution in [-0.2, 0) is 19.6 Å². The number of nitrogens with zero attached hydrogens (tertiary/aromatic N) is 6. The van der Waals surface area contributed by atoms with Gasteiger partial charge in [-0.2, -0.15) is 5.10 Å². The molecule has 128 valence electrons. The van der Waals surface area contributed by atoms with Gasteiger partial charge in [0.2, 0.25) is 0 Å². The second-order valence-corrected chi connectivity index (χ2v) is 5.96. The monoisotopic (exact) mass is 336 g/mol. The summed E-state index contributed by atoms with van der Waals surface area (Å²) >= 11 is 0. The average Bonchev–Trinajstić information content (AvgIpc) is 3.31. The zero-order chi connectivity index (χ0) is 17.2. The normalized spacial score (nSPS) is 14.3. The summed E-state index contributed by atoms with van der Waals surface area (Å²) in [5.74, 6) is 2.45. The van der Waals surface area contributed by atoms with Gasteiger partial charge < -0.3 is 10.6 Å². The van der Waals surface area contributed by atoms with Crippen molar-refractivity contribution in [3.8, 4) is 11.4 Å². The van der Waals surface area contributed by atoms with Gasteiger partial charge in [-0.05, 0) is 26.0 Å². The number of aryl methyl sites for hydroxylation is 1. The highest BCUT2D eigenvalue weighted by atomic mass is 15.3. The molecule has 0 aromatic carbocycles. The fourth-order valence-electron chi connectivity index (χ4n) is 3.04. The zero-order valence-electron chi connectivity index (χ0n) is 14.3. The van der Waals surface area contributed by atoms with Crippen LogP contribution in [0, 0.1) is 0 Å². The highest BCUT2D eigenvalue weighted by molar-refractivity contribution is 5.60. The Labute approximate surface area is 145 Å². The standard InChI is InChI=1S/C17H20N8/c1-3-25-17(20-10-21-25)11(2)22-16-13-8-19-9-14(13)23-15(24-16)12-4-6-18-7-5-12/h4-7,10-11,19H,3,8-9H2,1-2H3,(H,22,23,24). The lowest BCUT2D eigenvalue weighted by Crippen LogP contribution is -2.16. The van der Waals surface area contributed by atoms with E-state index in [1.165, 1.54) is 0 Å². The van der Waals surface area contributed by atoms with E-state index in [0.29, 0.717) is 5.82 Å². The Morgan fingerprint density at radius 1 is 1.24 bits per heavy atom. The number of nitrogens with one attached hydrogen (secondary N) is 2. The van der Waals surface area contributed by atoms with Crippen LogP contribution in [0.4, 0.5) is 5.82 Å². The summed E-state index contributed by atoms with van der Waals surface area (Å²) in [5.41, 5.74) is 3.11. The molecular weight excluding hydrogens is 316 g/mol. The molecule has 2 N–H and O–H groups in total. The Balaban J connectivity index is 1.70.